The smallest absolute Gasteiger partial charge is 0.262 e. The van der Waals surface area contributed by atoms with Crippen molar-refractivity contribution >= 4 is 23.2 Å². The Labute approximate surface area is 134 Å². The predicted molar refractivity (Wildman–Crippen MR) is 85.9 cm³/mol. The second kappa shape index (κ2) is 6.76. The number of hydrogen-bond acceptors (Lipinski definition) is 5. The number of amides is 2. The maximum atomic E-state index is 12.4. The van der Waals surface area contributed by atoms with Gasteiger partial charge in [-0.15, -0.1) is 11.3 Å². The molecule has 0 bridgehead atoms. The van der Waals surface area contributed by atoms with Gasteiger partial charge >= 0.3 is 0 Å². The summed E-state index contributed by atoms with van der Waals surface area (Å²) in [6.45, 7) is 4.17. The summed E-state index contributed by atoms with van der Waals surface area (Å²) in [7, 11) is 1.93. The van der Waals surface area contributed by atoms with Crippen molar-refractivity contribution in [3.63, 3.8) is 0 Å². The molecule has 1 aliphatic heterocycles. The highest BCUT2D eigenvalue weighted by atomic mass is 32.1. The average Bonchev–Trinajstić information content (AvgIpc) is 3.07. The lowest BCUT2D eigenvalue weighted by Gasteiger charge is -2.26. The first kappa shape index (κ1) is 16.9. The predicted octanol–water partition coefficient (Wildman–Crippen LogP) is 0.438. The van der Waals surface area contributed by atoms with Crippen molar-refractivity contribution in [2.45, 2.75) is 37.9 Å². The van der Waals surface area contributed by atoms with E-state index < -0.39 is 5.54 Å². The molecule has 2 amide bonds. The van der Waals surface area contributed by atoms with Gasteiger partial charge in [-0.2, -0.15) is 0 Å². The lowest BCUT2D eigenvalue weighted by atomic mass is 10.0. The second-order valence-corrected chi connectivity index (χ2v) is 7.19. The van der Waals surface area contributed by atoms with E-state index in [1.807, 2.05) is 17.3 Å². The fraction of sp³-hybridized carbons (Fsp3) is 0.600. The fourth-order valence-electron chi connectivity index (χ4n) is 2.57. The van der Waals surface area contributed by atoms with Gasteiger partial charge in [0.2, 0.25) is 5.91 Å². The number of likely N-dealkylation sites (tertiary alicyclic amines) is 1. The van der Waals surface area contributed by atoms with Crippen LogP contribution in [0.4, 0.5) is 0 Å². The highest BCUT2D eigenvalue weighted by Crippen LogP contribution is 2.17. The van der Waals surface area contributed by atoms with Crippen LogP contribution in [0.3, 0.4) is 0 Å². The number of nitrogens with zero attached hydrogens (tertiary/aromatic N) is 1. The van der Waals surface area contributed by atoms with Crippen molar-refractivity contribution in [1.29, 1.82) is 0 Å². The van der Waals surface area contributed by atoms with E-state index >= 15 is 0 Å². The number of aliphatic hydroxyl groups is 1. The van der Waals surface area contributed by atoms with E-state index in [1.165, 1.54) is 11.3 Å². The molecule has 122 valence electrons. The van der Waals surface area contributed by atoms with Crippen molar-refractivity contribution in [2.24, 2.45) is 0 Å². The molecule has 0 spiro atoms. The fourth-order valence-corrected chi connectivity index (χ4v) is 3.19. The number of thiophene rings is 1. The van der Waals surface area contributed by atoms with E-state index in [4.69, 9.17) is 0 Å². The zero-order chi connectivity index (χ0) is 16.3. The Morgan fingerprint density at radius 3 is 2.77 bits per heavy atom. The molecule has 1 aliphatic rings. The van der Waals surface area contributed by atoms with Crippen LogP contribution in [0.25, 0.3) is 0 Å². The molecule has 1 fully saturated rings. The number of carbonyl (C=O) groups excluding carboxylic acids is 2. The quantitative estimate of drug-likeness (QED) is 0.734. The lowest BCUT2D eigenvalue weighted by Crippen LogP contribution is -2.56. The molecule has 0 saturated carbocycles. The first-order valence-corrected chi connectivity index (χ1v) is 8.19. The molecular weight excluding hydrogens is 302 g/mol. The molecule has 1 saturated heterocycles. The molecule has 2 rings (SSSR count). The van der Waals surface area contributed by atoms with Crippen LogP contribution in [0.2, 0.25) is 0 Å². The maximum absolute atomic E-state index is 12.4. The topological polar surface area (TPSA) is 81.7 Å². The highest BCUT2D eigenvalue weighted by molar-refractivity contribution is 7.12. The number of nitrogens with one attached hydrogen (secondary N) is 2. The number of carbonyl (C=O) groups is 2. The van der Waals surface area contributed by atoms with Crippen molar-refractivity contribution < 1.29 is 14.7 Å². The van der Waals surface area contributed by atoms with E-state index in [9.17, 15) is 14.7 Å². The van der Waals surface area contributed by atoms with Crippen LogP contribution in [-0.2, 0) is 4.79 Å². The summed E-state index contributed by atoms with van der Waals surface area (Å²) < 4.78 is 0. The Morgan fingerprint density at radius 2 is 2.23 bits per heavy atom. The Morgan fingerprint density at radius 1 is 1.50 bits per heavy atom. The monoisotopic (exact) mass is 325 g/mol. The number of hydrogen-bond donors (Lipinski definition) is 3. The van der Waals surface area contributed by atoms with Crippen LogP contribution in [0.5, 0.6) is 0 Å². The lowest BCUT2D eigenvalue weighted by molar-refractivity contribution is -0.126. The van der Waals surface area contributed by atoms with Gasteiger partial charge < -0.3 is 15.7 Å². The van der Waals surface area contributed by atoms with Crippen molar-refractivity contribution in [3.8, 4) is 0 Å². The summed E-state index contributed by atoms with van der Waals surface area (Å²) in [5.74, 6) is -0.457. The molecule has 0 radical (unpaired) electrons. The Balaban J connectivity index is 1.92. The molecule has 22 heavy (non-hydrogen) atoms. The molecular formula is C15H23N3O3S. The van der Waals surface area contributed by atoms with E-state index in [1.54, 1.807) is 26.0 Å². The number of likely N-dealkylation sites (N-methyl/N-ethyl adjacent to an activating group) is 1. The van der Waals surface area contributed by atoms with Crippen molar-refractivity contribution in [2.75, 3.05) is 20.2 Å². The van der Waals surface area contributed by atoms with Gasteiger partial charge in [0, 0.05) is 18.6 Å². The van der Waals surface area contributed by atoms with Crippen molar-refractivity contribution in [1.82, 2.24) is 15.5 Å². The van der Waals surface area contributed by atoms with E-state index in [2.05, 4.69) is 10.6 Å². The molecule has 1 aromatic heterocycles. The van der Waals surface area contributed by atoms with Crippen LogP contribution < -0.4 is 10.6 Å². The summed E-state index contributed by atoms with van der Waals surface area (Å²) in [5.41, 5.74) is -0.989. The molecule has 1 aromatic rings. The normalized spacial score (nSPS) is 22.5. The van der Waals surface area contributed by atoms with Crippen LogP contribution >= 0.6 is 11.3 Å². The SMILES string of the molecule is CN1C[C@H](NC(=O)C(C)(C)NC(=O)c2cccs2)C[C@H]1CO. The minimum Gasteiger partial charge on any atom is -0.395 e. The van der Waals surface area contributed by atoms with Crippen LogP contribution in [0.1, 0.15) is 29.9 Å². The molecule has 0 unspecified atom stereocenters. The number of aliphatic hydroxyl groups excluding tert-OH is 1. The van der Waals surface area contributed by atoms with E-state index in [0.29, 0.717) is 17.8 Å². The maximum Gasteiger partial charge on any atom is 0.262 e. The van der Waals surface area contributed by atoms with Gasteiger partial charge in [0.1, 0.15) is 5.54 Å². The third-order valence-corrected chi connectivity index (χ3v) is 4.84. The summed E-state index contributed by atoms with van der Waals surface area (Å²) in [4.78, 5) is 27.1. The van der Waals surface area contributed by atoms with Crippen LogP contribution in [0, 0.1) is 0 Å². The third kappa shape index (κ3) is 3.85. The minimum atomic E-state index is -0.989. The summed E-state index contributed by atoms with van der Waals surface area (Å²) >= 11 is 1.34. The standard InChI is InChI=1S/C15H23N3O3S/c1-15(2,17-13(20)12-5-4-6-22-12)14(21)16-10-7-11(9-19)18(3)8-10/h4-6,10-11,19H,7-9H2,1-3H3,(H,16,21)(H,17,20)/t10-,11+/m1/s1. The van der Waals surface area contributed by atoms with Gasteiger partial charge in [-0.3, -0.25) is 14.5 Å². The van der Waals surface area contributed by atoms with Gasteiger partial charge in [-0.1, -0.05) is 6.07 Å². The van der Waals surface area contributed by atoms with Crippen LogP contribution in [-0.4, -0.2) is 59.6 Å². The second-order valence-electron chi connectivity index (χ2n) is 6.24. The Bertz CT molecular complexity index is 530. The number of rotatable bonds is 5. The molecule has 2 heterocycles. The molecule has 0 aliphatic carbocycles. The Kier molecular flexibility index (Phi) is 5.20. The van der Waals surface area contributed by atoms with Crippen molar-refractivity contribution in [3.05, 3.63) is 22.4 Å². The van der Waals surface area contributed by atoms with Gasteiger partial charge in [0.05, 0.1) is 11.5 Å². The average molecular weight is 325 g/mol. The molecule has 3 N–H and O–H groups in total. The van der Waals surface area contributed by atoms with Gasteiger partial charge in [-0.05, 0) is 38.8 Å². The van der Waals surface area contributed by atoms with E-state index in [-0.39, 0.29) is 30.5 Å². The zero-order valence-electron chi connectivity index (χ0n) is 13.1. The first-order valence-electron chi connectivity index (χ1n) is 7.31. The summed E-state index contributed by atoms with van der Waals surface area (Å²) in [5, 5.41) is 16.8. The molecule has 7 heteroatoms. The summed E-state index contributed by atoms with van der Waals surface area (Å²) in [6, 6.07) is 3.60. The zero-order valence-corrected chi connectivity index (χ0v) is 13.9. The molecule has 2 atom stereocenters. The van der Waals surface area contributed by atoms with Gasteiger partial charge in [0.15, 0.2) is 0 Å². The summed E-state index contributed by atoms with van der Waals surface area (Å²) in [6.07, 6.45) is 0.716. The largest absolute Gasteiger partial charge is 0.395 e. The molecule has 6 nitrogen and oxygen atoms in total. The Hall–Kier alpha value is -1.44. The minimum absolute atomic E-state index is 0.00688. The van der Waals surface area contributed by atoms with Gasteiger partial charge in [0.25, 0.3) is 5.91 Å². The first-order chi connectivity index (χ1) is 10.3. The van der Waals surface area contributed by atoms with Gasteiger partial charge in [-0.25, -0.2) is 0 Å². The highest BCUT2D eigenvalue weighted by Gasteiger charge is 2.35. The molecule has 0 aromatic carbocycles. The third-order valence-electron chi connectivity index (χ3n) is 3.97. The van der Waals surface area contributed by atoms with E-state index in [0.717, 1.165) is 0 Å². The van der Waals surface area contributed by atoms with Crippen LogP contribution in [0.15, 0.2) is 17.5 Å².